The van der Waals surface area contributed by atoms with Gasteiger partial charge in [0.2, 0.25) is 0 Å². The van der Waals surface area contributed by atoms with Crippen LogP contribution in [0.4, 0.5) is 4.79 Å². The van der Waals surface area contributed by atoms with E-state index in [0.717, 1.165) is 30.0 Å². The molecule has 2 rings (SSSR count). The maximum atomic E-state index is 11.7. The summed E-state index contributed by atoms with van der Waals surface area (Å²) in [5.74, 6) is 0. The van der Waals surface area contributed by atoms with Gasteiger partial charge in [0, 0.05) is 29.8 Å². The molecule has 1 aromatic rings. The van der Waals surface area contributed by atoms with E-state index in [1.165, 1.54) is 12.8 Å². The average molecular weight is 295 g/mol. The Bertz CT molecular complexity index is 444. The smallest absolute Gasteiger partial charge is 0.315 e. The molecule has 0 radical (unpaired) electrons. The third-order valence-electron chi connectivity index (χ3n) is 3.63. The quantitative estimate of drug-likeness (QED) is 0.896. The summed E-state index contributed by atoms with van der Waals surface area (Å²) >= 11 is 1.68. The van der Waals surface area contributed by atoms with Gasteiger partial charge in [-0.3, -0.25) is 0 Å². The van der Waals surface area contributed by atoms with Crippen molar-refractivity contribution in [1.29, 1.82) is 0 Å². The molecule has 0 saturated heterocycles. The Morgan fingerprint density at radius 1 is 1.40 bits per heavy atom. The molecule has 2 amide bonds. The molecule has 0 aliphatic heterocycles. The summed E-state index contributed by atoms with van der Waals surface area (Å²) in [6.07, 6.45) is 5.52. The van der Waals surface area contributed by atoms with Gasteiger partial charge in [0.25, 0.3) is 0 Å². The first-order valence-corrected chi connectivity index (χ1v) is 8.32. The van der Waals surface area contributed by atoms with Crippen molar-refractivity contribution in [2.24, 2.45) is 0 Å². The van der Waals surface area contributed by atoms with Crippen LogP contribution in [0.1, 0.15) is 57.2 Å². The van der Waals surface area contributed by atoms with Gasteiger partial charge in [0.15, 0.2) is 0 Å². The highest BCUT2D eigenvalue weighted by molar-refractivity contribution is 7.09. The van der Waals surface area contributed by atoms with Crippen molar-refractivity contribution in [3.63, 3.8) is 0 Å². The molecule has 4 nitrogen and oxygen atoms in total. The van der Waals surface area contributed by atoms with Crippen molar-refractivity contribution >= 4 is 17.4 Å². The van der Waals surface area contributed by atoms with Crippen LogP contribution in [0, 0.1) is 0 Å². The normalized spacial score (nSPS) is 16.4. The fourth-order valence-corrected chi connectivity index (χ4v) is 3.38. The Morgan fingerprint density at radius 3 is 2.70 bits per heavy atom. The summed E-state index contributed by atoms with van der Waals surface area (Å²) in [4.78, 5) is 16.3. The van der Waals surface area contributed by atoms with Gasteiger partial charge in [-0.05, 0) is 12.8 Å². The lowest BCUT2D eigenvalue weighted by Crippen LogP contribution is -2.41. The minimum Gasteiger partial charge on any atom is -0.338 e. The van der Waals surface area contributed by atoms with Crippen LogP contribution in [0.15, 0.2) is 5.38 Å². The van der Waals surface area contributed by atoms with E-state index in [1.807, 2.05) is 0 Å². The molecular formula is C15H25N3OS. The second-order valence-electron chi connectivity index (χ2n) is 6.51. The first kappa shape index (κ1) is 15.3. The third-order valence-corrected chi connectivity index (χ3v) is 4.54. The summed E-state index contributed by atoms with van der Waals surface area (Å²) in [7, 11) is 0. The summed E-state index contributed by atoms with van der Waals surface area (Å²) in [5.41, 5.74) is 1.23. The number of hydrogen-bond donors (Lipinski definition) is 2. The highest BCUT2D eigenvalue weighted by Crippen LogP contribution is 2.23. The van der Waals surface area contributed by atoms with Gasteiger partial charge in [0.05, 0.1) is 10.7 Å². The maximum absolute atomic E-state index is 11.7. The summed E-state index contributed by atoms with van der Waals surface area (Å²) in [6, 6.07) is 0.340. The number of aromatic nitrogens is 1. The summed E-state index contributed by atoms with van der Waals surface area (Å²) in [5, 5.41) is 9.16. The Morgan fingerprint density at radius 2 is 2.10 bits per heavy atom. The molecule has 5 heteroatoms. The molecule has 1 aromatic heterocycles. The molecule has 0 atom stereocenters. The van der Waals surface area contributed by atoms with Gasteiger partial charge in [-0.1, -0.05) is 33.6 Å². The molecule has 1 heterocycles. The Balaban J connectivity index is 1.70. The molecule has 1 aliphatic rings. The van der Waals surface area contributed by atoms with Crippen LogP contribution in [0.25, 0.3) is 0 Å². The molecular weight excluding hydrogens is 270 g/mol. The molecule has 0 aromatic carbocycles. The molecule has 1 saturated carbocycles. The van der Waals surface area contributed by atoms with Crippen molar-refractivity contribution in [3.8, 4) is 0 Å². The largest absolute Gasteiger partial charge is 0.338 e. The van der Waals surface area contributed by atoms with Crippen LogP contribution in [0.3, 0.4) is 0 Å². The maximum Gasteiger partial charge on any atom is 0.315 e. The number of carbonyl (C=O) groups is 1. The first-order valence-electron chi connectivity index (χ1n) is 7.44. The predicted molar refractivity (Wildman–Crippen MR) is 83.3 cm³/mol. The predicted octanol–water partition coefficient (Wildman–Crippen LogP) is 3.22. The van der Waals surface area contributed by atoms with Crippen molar-refractivity contribution in [1.82, 2.24) is 15.6 Å². The highest BCUT2D eigenvalue weighted by atomic mass is 32.1. The van der Waals surface area contributed by atoms with E-state index in [-0.39, 0.29) is 11.4 Å². The van der Waals surface area contributed by atoms with Crippen LogP contribution in [0.2, 0.25) is 0 Å². The number of urea groups is 1. The molecule has 0 unspecified atom stereocenters. The van der Waals surface area contributed by atoms with Gasteiger partial charge >= 0.3 is 6.03 Å². The monoisotopic (exact) mass is 295 g/mol. The van der Waals surface area contributed by atoms with E-state index < -0.39 is 0 Å². The summed E-state index contributed by atoms with van der Waals surface area (Å²) in [6.45, 7) is 7.15. The van der Waals surface area contributed by atoms with Crippen molar-refractivity contribution in [2.45, 2.75) is 64.3 Å². The molecule has 0 bridgehead atoms. The molecule has 1 fully saturated rings. The number of thiazole rings is 1. The van der Waals surface area contributed by atoms with Gasteiger partial charge in [0.1, 0.15) is 0 Å². The van der Waals surface area contributed by atoms with Gasteiger partial charge in [-0.2, -0.15) is 0 Å². The van der Waals surface area contributed by atoms with E-state index >= 15 is 0 Å². The van der Waals surface area contributed by atoms with Gasteiger partial charge in [-0.15, -0.1) is 11.3 Å². The number of rotatable bonds is 4. The van der Waals surface area contributed by atoms with E-state index in [1.54, 1.807) is 11.3 Å². The van der Waals surface area contributed by atoms with Crippen LogP contribution < -0.4 is 10.6 Å². The Labute approximate surface area is 125 Å². The number of hydrogen-bond acceptors (Lipinski definition) is 3. The fourth-order valence-electron chi connectivity index (χ4n) is 2.36. The number of carbonyl (C=O) groups excluding carboxylic acids is 1. The van der Waals surface area contributed by atoms with Crippen LogP contribution in [0.5, 0.6) is 0 Å². The lowest BCUT2D eigenvalue weighted by atomic mass is 9.93. The van der Waals surface area contributed by atoms with Crippen molar-refractivity contribution in [3.05, 3.63) is 16.1 Å². The Hall–Kier alpha value is -1.10. The van der Waals surface area contributed by atoms with Gasteiger partial charge in [-0.25, -0.2) is 9.78 Å². The molecule has 0 spiro atoms. The minimum atomic E-state index is -0.0375. The van der Waals surface area contributed by atoms with Gasteiger partial charge < -0.3 is 10.6 Å². The van der Waals surface area contributed by atoms with Crippen LogP contribution in [-0.4, -0.2) is 23.6 Å². The average Bonchev–Trinajstić information content (AvgIpc) is 2.98. The zero-order valence-corrected chi connectivity index (χ0v) is 13.5. The zero-order valence-electron chi connectivity index (χ0n) is 12.7. The number of nitrogens with one attached hydrogen (secondary N) is 2. The highest BCUT2D eigenvalue weighted by Gasteiger charge is 2.18. The summed E-state index contributed by atoms with van der Waals surface area (Å²) < 4.78 is 0. The Kier molecular flexibility index (Phi) is 5.02. The first-order chi connectivity index (χ1) is 9.45. The zero-order chi connectivity index (χ0) is 14.6. The lowest BCUT2D eigenvalue weighted by molar-refractivity contribution is 0.237. The molecule has 112 valence electrons. The van der Waals surface area contributed by atoms with Crippen molar-refractivity contribution < 1.29 is 4.79 Å². The van der Waals surface area contributed by atoms with Crippen LogP contribution >= 0.6 is 11.3 Å². The molecule has 20 heavy (non-hydrogen) atoms. The second-order valence-corrected chi connectivity index (χ2v) is 7.45. The lowest BCUT2D eigenvalue weighted by Gasteiger charge is -2.14. The number of amides is 2. The van der Waals surface area contributed by atoms with E-state index in [2.05, 4.69) is 41.8 Å². The van der Waals surface area contributed by atoms with E-state index in [0.29, 0.717) is 12.6 Å². The van der Waals surface area contributed by atoms with E-state index in [9.17, 15) is 4.79 Å². The fraction of sp³-hybridized carbons (Fsp3) is 0.733. The van der Waals surface area contributed by atoms with Crippen LogP contribution in [-0.2, 0) is 11.8 Å². The topological polar surface area (TPSA) is 54.0 Å². The molecule has 2 N–H and O–H groups in total. The van der Waals surface area contributed by atoms with E-state index in [4.69, 9.17) is 0 Å². The third kappa shape index (κ3) is 4.47. The molecule has 1 aliphatic carbocycles. The standard InChI is InChI=1S/C15H25N3OS/c1-15(2,3)12-10-20-13(18-12)8-9-16-14(19)17-11-6-4-5-7-11/h10-11H,4-9H2,1-3H3,(H2,16,17,19). The number of nitrogens with zero attached hydrogens (tertiary/aromatic N) is 1. The van der Waals surface area contributed by atoms with Crippen molar-refractivity contribution in [2.75, 3.05) is 6.54 Å². The SMILES string of the molecule is CC(C)(C)c1csc(CCNC(=O)NC2CCCC2)n1. The second kappa shape index (κ2) is 6.57. The minimum absolute atomic E-state index is 0.0375.